The summed E-state index contributed by atoms with van der Waals surface area (Å²) in [5.41, 5.74) is 0. The predicted molar refractivity (Wildman–Crippen MR) is 256 cm³/mol. The third-order valence-electron chi connectivity index (χ3n) is 10.8. The molecule has 9 nitrogen and oxygen atoms in total. The number of hydrogen-bond donors (Lipinski definition) is 4. The van der Waals surface area contributed by atoms with Gasteiger partial charge in [0, 0.05) is 13.0 Å². The molecule has 6 atom stereocenters. The Balaban J connectivity index is 2.26. The largest absolute Gasteiger partial charge is 0.457 e. The molecule has 4 N–H and O–H groups in total. The first-order valence-corrected chi connectivity index (χ1v) is 24.7. The van der Waals surface area contributed by atoms with Gasteiger partial charge in [-0.1, -0.05) is 170 Å². The van der Waals surface area contributed by atoms with Gasteiger partial charge in [-0.15, -0.1) is 0 Å². The van der Waals surface area contributed by atoms with E-state index in [0.717, 1.165) is 96.3 Å². The van der Waals surface area contributed by atoms with Gasteiger partial charge in [-0.25, -0.2) is 0 Å². The highest BCUT2D eigenvalue weighted by atomic mass is 16.7. The molecular weight excluding hydrogens is 781 g/mol. The molecule has 1 fully saturated rings. The number of rotatable bonds is 41. The van der Waals surface area contributed by atoms with Crippen molar-refractivity contribution in [3.63, 3.8) is 0 Å². The molecule has 0 aliphatic carbocycles. The van der Waals surface area contributed by atoms with Crippen LogP contribution < -0.4 is 0 Å². The Morgan fingerprint density at radius 1 is 0.532 bits per heavy atom. The van der Waals surface area contributed by atoms with Gasteiger partial charge in [-0.2, -0.15) is 0 Å². The zero-order valence-corrected chi connectivity index (χ0v) is 39.1. The highest BCUT2D eigenvalue weighted by Crippen LogP contribution is 2.22. The van der Waals surface area contributed by atoms with Crippen molar-refractivity contribution in [1.29, 1.82) is 0 Å². The molecule has 1 aliphatic rings. The van der Waals surface area contributed by atoms with Gasteiger partial charge in [0.2, 0.25) is 0 Å². The second-order valence-corrected chi connectivity index (χ2v) is 16.5. The van der Waals surface area contributed by atoms with Crippen molar-refractivity contribution >= 4 is 5.97 Å². The molecule has 0 aromatic rings. The highest BCUT2D eigenvalue weighted by molar-refractivity contribution is 5.69. The first-order chi connectivity index (χ1) is 30.4. The summed E-state index contributed by atoms with van der Waals surface area (Å²) in [4.78, 5) is 12.8. The van der Waals surface area contributed by atoms with Gasteiger partial charge in [0.25, 0.3) is 0 Å². The number of allylic oxidation sites excluding steroid dienone is 14. The molecule has 0 amide bonds. The topological polar surface area (TPSA) is 135 Å². The molecule has 1 saturated heterocycles. The summed E-state index contributed by atoms with van der Waals surface area (Å²) < 4.78 is 22.8. The number of carbonyl (C=O) groups is 1. The van der Waals surface area contributed by atoms with Crippen molar-refractivity contribution < 1.29 is 44.2 Å². The molecule has 0 spiro atoms. The van der Waals surface area contributed by atoms with Crippen LogP contribution in [0.5, 0.6) is 0 Å². The van der Waals surface area contributed by atoms with Gasteiger partial charge in [0.1, 0.15) is 30.5 Å². The standard InChI is InChI=1S/C53H90O9/c1-3-5-7-9-11-13-15-17-19-21-22-23-24-25-27-29-31-33-35-37-39-41-43-59-45-47(46-60-53-52(58)51(57)50(56)48(44-54)62-53)61-49(55)42-40-38-36-34-32-30-28-26-20-18-16-14-12-10-8-6-4-2/h6,8,12,14-15,17-18,20-22,24-25,28,30,47-48,50-54,56-58H,3-5,7,9-11,13,16,19,23,26-27,29,31-46H2,1-2H3/b8-6-,14-12-,17-15-,20-18-,22-21-,25-24-,30-28-. The molecule has 1 heterocycles. The Morgan fingerprint density at radius 3 is 1.48 bits per heavy atom. The third-order valence-corrected chi connectivity index (χ3v) is 10.8. The quantitative estimate of drug-likeness (QED) is 0.0269. The average molecular weight is 871 g/mol. The Kier molecular flexibility index (Phi) is 40.4. The monoisotopic (exact) mass is 871 g/mol. The van der Waals surface area contributed by atoms with Crippen LogP contribution in [0, 0.1) is 0 Å². The number of carbonyl (C=O) groups excluding carboxylic acids is 1. The maximum absolute atomic E-state index is 12.8. The number of hydrogen-bond acceptors (Lipinski definition) is 9. The zero-order valence-electron chi connectivity index (χ0n) is 39.1. The normalized spacial score (nSPS) is 20.5. The van der Waals surface area contributed by atoms with Crippen LogP contribution >= 0.6 is 0 Å². The smallest absolute Gasteiger partial charge is 0.306 e. The summed E-state index contributed by atoms with van der Waals surface area (Å²) >= 11 is 0. The summed E-state index contributed by atoms with van der Waals surface area (Å²) in [7, 11) is 0. The van der Waals surface area contributed by atoms with E-state index in [9.17, 15) is 25.2 Å². The Labute approximate surface area is 378 Å². The van der Waals surface area contributed by atoms with E-state index in [4.69, 9.17) is 18.9 Å². The highest BCUT2D eigenvalue weighted by Gasteiger charge is 2.44. The predicted octanol–water partition coefficient (Wildman–Crippen LogP) is 11.8. The molecule has 0 radical (unpaired) electrons. The lowest BCUT2D eigenvalue weighted by Crippen LogP contribution is -2.59. The lowest BCUT2D eigenvalue weighted by molar-refractivity contribution is -0.305. The van der Waals surface area contributed by atoms with E-state index in [1.165, 1.54) is 64.2 Å². The van der Waals surface area contributed by atoms with Crippen molar-refractivity contribution in [1.82, 2.24) is 0 Å². The van der Waals surface area contributed by atoms with Gasteiger partial charge in [-0.3, -0.25) is 4.79 Å². The van der Waals surface area contributed by atoms with E-state index >= 15 is 0 Å². The maximum Gasteiger partial charge on any atom is 0.306 e. The SMILES string of the molecule is CC/C=C\C/C=C\C/C=C\C/C=C\CCCCCCC(=O)OC(COCCCCCCCCC/C=C\C/C=C\C/C=C\CCCCCCC)COC1OC(CO)C(O)C(O)C1O. The molecule has 62 heavy (non-hydrogen) atoms. The minimum absolute atomic E-state index is 0.123. The molecule has 0 aromatic heterocycles. The number of ether oxygens (including phenoxy) is 4. The van der Waals surface area contributed by atoms with Gasteiger partial charge in [0.05, 0.1) is 19.8 Å². The lowest BCUT2D eigenvalue weighted by atomic mass is 9.99. The first-order valence-electron chi connectivity index (χ1n) is 24.7. The number of aliphatic hydroxyl groups is 4. The summed E-state index contributed by atoms with van der Waals surface area (Å²) in [5.74, 6) is -0.343. The summed E-state index contributed by atoms with van der Waals surface area (Å²) in [6.45, 7) is 4.37. The number of unbranched alkanes of at least 4 members (excludes halogenated alkanes) is 16. The molecule has 6 unspecified atom stereocenters. The van der Waals surface area contributed by atoms with Crippen molar-refractivity contribution in [3.8, 4) is 0 Å². The van der Waals surface area contributed by atoms with E-state index < -0.39 is 43.4 Å². The fourth-order valence-electron chi connectivity index (χ4n) is 6.96. The Hall–Kier alpha value is -2.63. The molecular formula is C53H90O9. The summed E-state index contributed by atoms with van der Waals surface area (Å²) in [5, 5.41) is 40.2. The van der Waals surface area contributed by atoms with E-state index in [2.05, 4.69) is 98.9 Å². The van der Waals surface area contributed by atoms with Crippen molar-refractivity contribution in [2.45, 2.75) is 218 Å². The van der Waals surface area contributed by atoms with Crippen LogP contribution in [0.3, 0.4) is 0 Å². The minimum atomic E-state index is -1.55. The van der Waals surface area contributed by atoms with E-state index in [1.54, 1.807) is 0 Å². The Bertz CT molecular complexity index is 1220. The Morgan fingerprint density at radius 2 is 0.984 bits per heavy atom. The average Bonchev–Trinajstić information content (AvgIpc) is 3.27. The fraction of sp³-hybridized carbons (Fsp3) is 0.717. The van der Waals surface area contributed by atoms with Crippen LogP contribution in [-0.4, -0.2) is 89.6 Å². The van der Waals surface area contributed by atoms with Gasteiger partial charge in [-0.05, 0) is 89.9 Å². The van der Waals surface area contributed by atoms with E-state index in [0.29, 0.717) is 6.61 Å². The fourth-order valence-corrected chi connectivity index (χ4v) is 6.96. The summed E-state index contributed by atoms with van der Waals surface area (Å²) in [6, 6.07) is 0. The molecule has 1 aliphatic heterocycles. The zero-order chi connectivity index (χ0) is 45.0. The molecule has 0 bridgehead atoms. The van der Waals surface area contributed by atoms with Crippen LogP contribution in [0.4, 0.5) is 0 Å². The van der Waals surface area contributed by atoms with E-state index in [1.807, 2.05) is 0 Å². The van der Waals surface area contributed by atoms with Crippen molar-refractivity contribution in [2.75, 3.05) is 26.4 Å². The first kappa shape index (κ1) is 57.4. The number of esters is 1. The van der Waals surface area contributed by atoms with Crippen LogP contribution in [0.25, 0.3) is 0 Å². The van der Waals surface area contributed by atoms with Gasteiger partial charge >= 0.3 is 5.97 Å². The number of aliphatic hydroxyl groups excluding tert-OH is 4. The van der Waals surface area contributed by atoms with Gasteiger partial charge in [0.15, 0.2) is 6.29 Å². The van der Waals surface area contributed by atoms with Crippen molar-refractivity contribution in [2.24, 2.45) is 0 Å². The van der Waals surface area contributed by atoms with Crippen LogP contribution in [0.15, 0.2) is 85.1 Å². The van der Waals surface area contributed by atoms with Gasteiger partial charge < -0.3 is 39.4 Å². The summed E-state index contributed by atoms with van der Waals surface area (Å²) in [6.07, 6.45) is 51.8. The van der Waals surface area contributed by atoms with Crippen molar-refractivity contribution in [3.05, 3.63) is 85.1 Å². The maximum atomic E-state index is 12.8. The van der Waals surface area contributed by atoms with Crippen LogP contribution in [-0.2, 0) is 23.7 Å². The molecule has 9 heteroatoms. The van der Waals surface area contributed by atoms with Crippen LogP contribution in [0.1, 0.15) is 181 Å². The molecule has 356 valence electrons. The molecule has 1 rings (SSSR count). The second kappa shape index (κ2) is 43.6. The third kappa shape index (κ3) is 33.9. The molecule has 0 saturated carbocycles. The van der Waals surface area contributed by atoms with Crippen LogP contribution in [0.2, 0.25) is 0 Å². The second-order valence-electron chi connectivity index (χ2n) is 16.5. The minimum Gasteiger partial charge on any atom is -0.457 e. The lowest BCUT2D eigenvalue weighted by Gasteiger charge is -2.39. The molecule has 0 aromatic carbocycles. The van der Waals surface area contributed by atoms with E-state index in [-0.39, 0.29) is 25.6 Å².